The first-order valence-electron chi connectivity index (χ1n) is 11.6. The molecule has 1 amide bonds. The Morgan fingerprint density at radius 2 is 1.95 bits per heavy atom. The molecule has 0 spiro atoms. The molecule has 0 aliphatic heterocycles. The minimum atomic E-state index is -0.632. The SMILES string of the molecule is COc1cc(/C=N/NC(=O)c2nnn(-c3nonc3N)c2-c2ccccc2)cc(Br)c1OCc1ccccc1F. The number of aromatic nitrogens is 5. The van der Waals surface area contributed by atoms with Crippen LogP contribution in [-0.2, 0) is 6.61 Å². The zero-order chi connectivity index (χ0) is 28.1. The molecule has 3 N–H and O–H groups in total. The minimum absolute atomic E-state index is 0.00556. The van der Waals surface area contributed by atoms with E-state index in [1.54, 1.807) is 54.6 Å². The number of nitrogen functional groups attached to an aromatic ring is 1. The predicted molar refractivity (Wildman–Crippen MR) is 146 cm³/mol. The molecule has 0 bridgehead atoms. The van der Waals surface area contributed by atoms with Crippen molar-refractivity contribution in [3.8, 4) is 28.6 Å². The molecule has 40 heavy (non-hydrogen) atoms. The molecular weight excluding hydrogens is 587 g/mol. The van der Waals surface area contributed by atoms with Crippen LogP contribution in [0.2, 0.25) is 0 Å². The molecule has 202 valence electrons. The number of benzene rings is 3. The maximum atomic E-state index is 14.0. The number of rotatable bonds is 9. The van der Waals surface area contributed by atoms with Crippen molar-refractivity contribution in [2.24, 2.45) is 5.10 Å². The smallest absolute Gasteiger partial charge is 0.294 e. The van der Waals surface area contributed by atoms with E-state index in [2.05, 4.69) is 51.7 Å². The number of amides is 1. The summed E-state index contributed by atoms with van der Waals surface area (Å²) >= 11 is 3.45. The lowest BCUT2D eigenvalue weighted by Gasteiger charge is -2.14. The minimum Gasteiger partial charge on any atom is -0.493 e. The molecule has 0 radical (unpaired) electrons. The summed E-state index contributed by atoms with van der Waals surface area (Å²) < 4.78 is 31.7. The normalized spacial score (nSPS) is 11.1. The van der Waals surface area contributed by atoms with Crippen LogP contribution in [0.15, 0.2) is 80.9 Å². The van der Waals surface area contributed by atoms with Crippen molar-refractivity contribution in [1.29, 1.82) is 0 Å². The molecule has 0 fully saturated rings. The van der Waals surface area contributed by atoms with E-state index in [1.165, 1.54) is 24.1 Å². The third-order valence-corrected chi connectivity index (χ3v) is 6.18. The van der Waals surface area contributed by atoms with E-state index in [0.29, 0.717) is 38.4 Å². The summed E-state index contributed by atoms with van der Waals surface area (Å²) in [5.41, 5.74) is 10.2. The number of methoxy groups -OCH3 is 1. The Balaban J connectivity index is 1.35. The molecule has 5 rings (SSSR count). The zero-order valence-electron chi connectivity index (χ0n) is 20.8. The van der Waals surface area contributed by atoms with Gasteiger partial charge in [-0.3, -0.25) is 4.79 Å². The average Bonchev–Trinajstić information content (AvgIpc) is 3.59. The van der Waals surface area contributed by atoms with Crippen molar-refractivity contribution in [2.45, 2.75) is 6.61 Å². The van der Waals surface area contributed by atoms with E-state index in [1.807, 2.05) is 6.07 Å². The molecule has 14 heteroatoms. The number of nitrogens with one attached hydrogen (secondary N) is 1. The molecule has 5 aromatic rings. The van der Waals surface area contributed by atoms with E-state index in [-0.39, 0.29) is 29.8 Å². The zero-order valence-corrected chi connectivity index (χ0v) is 22.4. The molecule has 2 aromatic heterocycles. The summed E-state index contributed by atoms with van der Waals surface area (Å²) in [4.78, 5) is 13.1. The van der Waals surface area contributed by atoms with Crippen LogP contribution in [0.5, 0.6) is 11.5 Å². The fourth-order valence-corrected chi connectivity index (χ4v) is 4.29. The first-order valence-corrected chi connectivity index (χ1v) is 12.4. The van der Waals surface area contributed by atoms with E-state index >= 15 is 0 Å². The van der Waals surface area contributed by atoms with Crippen LogP contribution >= 0.6 is 15.9 Å². The van der Waals surface area contributed by atoms with E-state index < -0.39 is 5.91 Å². The topological polar surface area (TPSA) is 156 Å². The highest BCUT2D eigenvalue weighted by molar-refractivity contribution is 9.10. The van der Waals surface area contributed by atoms with Gasteiger partial charge in [0.2, 0.25) is 11.6 Å². The van der Waals surface area contributed by atoms with Crippen LogP contribution in [-0.4, -0.2) is 44.5 Å². The second-order valence-electron chi connectivity index (χ2n) is 8.15. The van der Waals surface area contributed by atoms with Gasteiger partial charge in [0.1, 0.15) is 18.1 Å². The van der Waals surface area contributed by atoms with Gasteiger partial charge in [-0.1, -0.05) is 53.7 Å². The van der Waals surface area contributed by atoms with Gasteiger partial charge in [0, 0.05) is 11.1 Å². The van der Waals surface area contributed by atoms with Crippen LogP contribution in [0.25, 0.3) is 17.1 Å². The van der Waals surface area contributed by atoms with Gasteiger partial charge >= 0.3 is 0 Å². The summed E-state index contributed by atoms with van der Waals surface area (Å²) in [5, 5.41) is 19.4. The summed E-state index contributed by atoms with van der Waals surface area (Å²) in [7, 11) is 1.48. The number of carbonyl (C=O) groups is 1. The number of nitrogens with two attached hydrogens (primary N) is 1. The highest BCUT2D eigenvalue weighted by Crippen LogP contribution is 2.37. The molecule has 0 unspecified atom stereocenters. The van der Waals surface area contributed by atoms with Gasteiger partial charge in [0.25, 0.3) is 5.91 Å². The largest absolute Gasteiger partial charge is 0.493 e. The molecular formula is C26H20BrFN8O4. The molecule has 0 saturated carbocycles. The van der Waals surface area contributed by atoms with Crippen LogP contribution in [0.1, 0.15) is 21.6 Å². The molecule has 12 nitrogen and oxygen atoms in total. The Labute approximate surface area is 234 Å². The predicted octanol–water partition coefficient (Wildman–Crippen LogP) is 4.15. The molecule has 0 atom stereocenters. The molecule has 3 aromatic carbocycles. The van der Waals surface area contributed by atoms with E-state index in [4.69, 9.17) is 15.2 Å². The Bertz CT molecular complexity index is 1690. The summed E-state index contributed by atoms with van der Waals surface area (Å²) in [6.07, 6.45) is 1.41. The van der Waals surface area contributed by atoms with Crippen LogP contribution in [0, 0.1) is 5.82 Å². The molecule has 2 heterocycles. The summed E-state index contributed by atoms with van der Waals surface area (Å²) in [6, 6.07) is 18.7. The monoisotopic (exact) mass is 606 g/mol. The van der Waals surface area contributed by atoms with Gasteiger partial charge in [0.05, 0.1) is 17.8 Å². The van der Waals surface area contributed by atoms with E-state index in [9.17, 15) is 9.18 Å². The first-order chi connectivity index (χ1) is 19.5. The van der Waals surface area contributed by atoms with Crippen molar-refractivity contribution in [3.05, 3.63) is 93.8 Å². The number of nitrogens with zero attached hydrogens (tertiary/aromatic N) is 6. The number of halogens is 2. The third-order valence-electron chi connectivity index (χ3n) is 5.59. The number of hydrazone groups is 1. The van der Waals surface area contributed by atoms with Crippen molar-refractivity contribution >= 4 is 33.9 Å². The van der Waals surface area contributed by atoms with Crippen molar-refractivity contribution in [1.82, 2.24) is 30.7 Å². The quantitative estimate of drug-likeness (QED) is 0.186. The third kappa shape index (κ3) is 5.51. The number of hydrogen-bond acceptors (Lipinski definition) is 10. The van der Waals surface area contributed by atoms with Gasteiger partial charge in [-0.2, -0.15) is 9.78 Å². The maximum absolute atomic E-state index is 14.0. The Morgan fingerprint density at radius 1 is 1.18 bits per heavy atom. The van der Waals surface area contributed by atoms with Gasteiger partial charge in [-0.25, -0.2) is 14.4 Å². The lowest BCUT2D eigenvalue weighted by atomic mass is 10.1. The summed E-state index contributed by atoms with van der Waals surface area (Å²) in [6.45, 7) is 0.00556. The molecule has 0 aliphatic carbocycles. The number of anilines is 1. The van der Waals surface area contributed by atoms with Crippen LogP contribution in [0.3, 0.4) is 0 Å². The van der Waals surface area contributed by atoms with E-state index in [0.717, 1.165) is 0 Å². The van der Waals surface area contributed by atoms with Crippen molar-refractivity contribution in [2.75, 3.05) is 12.8 Å². The number of ether oxygens (including phenoxy) is 2. The number of hydrogen-bond donors (Lipinski definition) is 2. The molecule has 0 saturated heterocycles. The van der Waals surface area contributed by atoms with Crippen molar-refractivity contribution < 1.29 is 23.3 Å². The Morgan fingerprint density at radius 3 is 2.67 bits per heavy atom. The number of carbonyl (C=O) groups excluding carboxylic acids is 1. The highest BCUT2D eigenvalue weighted by atomic mass is 79.9. The lowest BCUT2D eigenvalue weighted by Crippen LogP contribution is -2.19. The van der Waals surface area contributed by atoms with Gasteiger partial charge in [-0.15, -0.1) is 5.10 Å². The standard InChI is InChI=1S/C26H20BrFN8O4/c1-38-20-12-15(11-18(27)23(20)39-14-17-9-5-6-10-19(17)28)13-30-32-26(37)21-22(16-7-3-2-4-8-16)36(35-31-21)25-24(29)33-40-34-25/h2-13H,14H2,1H3,(H2,29,33)(H,32,37)/b30-13+. The summed E-state index contributed by atoms with van der Waals surface area (Å²) in [5.74, 6) is -0.165. The average molecular weight is 607 g/mol. The fraction of sp³-hybridized carbons (Fsp3) is 0.0769. The second-order valence-corrected chi connectivity index (χ2v) is 9.01. The fourth-order valence-electron chi connectivity index (χ4n) is 3.71. The van der Waals surface area contributed by atoms with Gasteiger partial charge < -0.3 is 15.2 Å². The van der Waals surface area contributed by atoms with Crippen LogP contribution in [0.4, 0.5) is 10.2 Å². The Kier molecular flexibility index (Phi) is 7.77. The van der Waals surface area contributed by atoms with Gasteiger partial charge in [-0.05, 0) is 50.0 Å². The Hall–Kier alpha value is -5.11. The molecule has 0 aliphatic rings. The lowest BCUT2D eigenvalue weighted by molar-refractivity contribution is 0.0950. The maximum Gasteiger partial charge on any atom is 0.294 e. The van der Waals surface area contributed by atoms with Crippen molar-refractivity contribution in [3.63, 3.8) is 0 Å². The highest BCUT2D eigenvalue weighted by Gasteiger charge is 2.25. The van der Waals surface area contributed by atoms with Gasteiger partial charge in [0.15, 0.2) is 17.2 Å². The van der Waals surface area contributed by atoms with Crippen LogP contribution < -0.4 is 20.6 Å². The second kappa shape index (κ2) is 11.7. The first kappa shape index (κ1) is 26.5.